The first kappa shape index (κ1) is 17.2. The molecule has 2 unspecified atom stereocenters. The third kappa shape index (κ3) is 3.82. The maximum atomic E-state index is 12.6. The van der Waals surface area contributed by atoms with Gasteiger partial charge in [-0.15, -0.1) is 12.4 Å². The highest BCUT2D eigenvalue weighted by Gasteiger charge is 2.36. The molecule has 0 amide bonds. The Hall–Kier alpha value is 0.120. The van der Waals surface area contributed by atoms with Crippen molar-refractivity contribution in [3.63, 3.8) is 0 Å². The van der Waals surface area contributed by atoms with Gasteiger partial charge in [0.2, 0.25) is 0 Å². The second-order valence-electron chi connectivity index (χ2n) is 5.57. The Morgan fingerprint density at radius 3 is 2.53 bits per heavy atom. The summed E-state index contributed by atoms with van der Waals surface area (Å²) in [5, 5.41) is 0. The fraction of sp³-hybridized carbons (Fsp3) is 1.00. The van der Waals surface area contributed by atoms with Gasteiger partial charge in [0.05, 0.1) is 0 Å². The molecule has 0 aromatic rings. The maximum absolute atomic E-state index is 12.6. The summed E-state index contributed by atoms with van der Waals surface area (Å²) in [6.45, 7) is 4.53. The lowest BCUT2D eigenvalue weighted by atomic mass is 10.0. The summed E-state index contributed by atoms with van der Waals surface area (Å²) in [6.07, 6.45) is 5.09. The fourth-order valence-electron chi connectivity index (χ4n) is 2.99. The lowest BCUT2D eigenvalue weighted by Gasteiger charge is -2.39. The van der Waals surface area contributed by atoms with Gasteiger partial charge in [0, 0.05) is 25.7 Å². The van der Waals surface area contributed by atoms with Crippen molar-refractivity contribution < 1.29 is 8.42 Å². The van der Waals surface area contributed by atoms with Crippen molar-refractivity contribution in [2.45, 2.75) is 45.1 Å². The Labute approximate surface area is 123 Å². The molecule has 7 heteroatoms. The normalized spacial score (nSPS) is 30.8. The third-order valence-electron chi connectivity index (χ3n) is 4.18. The number of rotatable bonds is 3. The van der Waals surface area contributed by atoms with Gasteiger partial charge in [-0.05, 0) is 45.1 Å². The molecule has 0 aliphatic carbocycles. The van der Waals surface area contributed by atoms with Gasteiger partial charge in [-0.25, -0.2) is 0 Å². The average molecular weight is 312 g/mol. The number of hydrogen-bond acceptors (Lipinski definition) is 3. The summed E-state index contributed by atoms with van der Waals surface area (Å²) < 4.78 is 28.6. The van der Waals surface area contributed by atoms with E-state index in [2.05, 4.69) is 0 Å². The van der Waals surface area contributed by atoms with Crippen molar-refractivity contribution in [1.29, 1.82) is 0 Å². The van der Waals surface area contributed by atoms with Gasteiger partial charge in [-0.3, -0.25) is 0 Å². The Morgan fingerprint density at radius 1 is 1.16 bits per heavy atom. The molecule has 2 aliphatic rings. The molecule has 0 saturated carbocycles. The van der Waals surface area contributed by atoms with Gasteiger partial charge < -0.3 is 5.73 Å². The molecule has 5 nitrogen and oxygen atoms in total. The number of piperidine rings is 2. The van der Waals surface area contributed by atoms with E-state index in [0.717, 1.165) is 32.1 Å². The van der Waals surface area contributed by atoms with Gasteiger partial charge >= 0.3 is 0 Å². The van der Waals surface area contributed by atoms with Gasteiger partial charge in [0.25, 0.3) is 10.2 Å². The van der Waals surface area contributed by atoms with Crippen molar-refractivity contribution >= 4 is 22.6 Å². The van der Waals surface area contributed by atoms with Gasteiger partial charge in [0.1, 0.15) is 0 Å². The predicted molar refractivity (Wildman–Crippen MR) is 79.5 cm³/mol. The molecule has 0 bridgehead atoms. The van der Waals surface area contributed by atoms with Crippen LogP contribution in [-0.4, -0.2) is 49.2 Å². The molecule has 0 spiro atoms. The molecule has 2 heterocycles. The van der Waals surface area contributed by atoms with E-state index in [9.17, 15) is 8.42 Å². The largest absolute Gasteiger partial charge is 0.330 e. The molecule has 0 aromatic heterocycles. The van der Waals surface area contributed by atoms with Gasteiger partial charge in [-0.1, -0.05) is 6.42 Å². The van der Waals surface area contributed by atoms with Crippen LogP contribution in [0.15, 0.2) is 0 Å². The molecule has 0 radical (unpaired) electrons. The molecule has 2 saturated heterocycles. The number of nitrogens with two attached hydrogens (primary N) is 1. The highest BCUT2D eigenvalue weighted by molar-refractivity contribution is 7.86. The van der Waals surface area contributed by atoms with Crippen LogP contribution in [0, 0.1) is 5.92 Å². The Kier molecular flexibility index (Phi) is 6.53. The highest BCUT2D eigenvalue weighted by atomic mass is 35.5. The van der Waals surface area contributed by atoms with Crippen LogP contribution >= 0.6 is 12.4 Å². The molecule has 114 valence electrons. The van der Waals surface area contributed by atoms with E-state index in [4.69, 9.17) is 5.73 Å². The molecule has 2 aliphatic heterocycles. The summed E-state index contributed by atoms with van der Waals surface area (Å²) in [6, 6.07) is 0.141. The predicted octanol–water partition coefficient (Wildman–Crippen LogP) is 1.20. The summed E-state index contributed by atoms with van der Waals surface area (Å²) >= 11 is 0. The molecule has 0 aromatic carbocycles. The van der Waals surface area contributed by atoms with E-state index >= 15 is 0 Å². The van der Waals surface area contributed by atoms with Crippen LogP contribution in [0.3, 0.4) is 0 Å². The minimum absolute atomic E-state index is 0. The van der Waals surface area contributed by atoms with Crippen molar-refractivity contribution in [2.75, 3.05) is 26.2 Å². The Morgan fingerprint density at radius 2 is 1.89 bits per heavy atom. The Bertz CT molecular complexity index is 377. The van der Waals surface area contributed by atoms with Crippen LogP contribution < -0.4 is 5.73 Å². The lowest BCUT2D eigenvalue weighted by molar-refractivity contribution is 0.215. The number of nitrogens with zero attached hydrogens (tertiary/aromatic N) is 2. The van der Waals surface area contributed by atoms with Gasteiger partial charge in [0.15, 0.2) is 0 Å². The zero-order chi connectivity index (χ0) is 13.2. The second-order valence-corrected chi connectivity index (χ2v) is 7.45. The number of hydrogen-bond donors (Lipinski definition) is 1. The highest BCUT2D eigenvalue weighted by Crippen LogP contribution is 2.25. The first-order chi connectivity index (χ1) is 8.55. The molecule has 2 N–H and O–H groups in total. The van der Waals surface area contributed by atoms with E-state index in [-0.39, 0.29) is 18.4 Å². The average Bonchev–Trinajstić information content (AvgIpc) is 2.39. The van der Waals surface area contributed by atoms with Crippen molar-refractivity contribution in [1.82, 2.24) is 8.61 Å². The Balaban J connectivity index is 0.00000180. The van der Waals surface area contributed by atoms with Crippen molar-refractivity contribution in [3.8, 4) is 0 Å². The lowest BCUT2D eigenvalue weighted by Crippen LogP contribution is -2.52. The monoisotopic (exact) mass is 311 g/mol. The quantitative estimate of drug-likeness (QED) is 0.851. The van der Waals surface area contributed by atoms with Crippen LogP contribution in [0.5, 0.6) is 0 Å². The van der Waals surface area contributed by atoms with Crippen LogP contribution in [0.1, 0.15) is 39.0 Å². The standard InChI is InChI=1S/C12H25N3O2S.ClH/c1-11-5-2-3-8-15(11)18(16,17)14-7-4-6-12(9-13)10-14;/h11-12H,2-10,13H2,1H3;1H. The van der Waals surface area contributed by atoms with E-state index in [1.54, 1.807) is 8.61 Å². The molecule has 19 heavy (non-hydrogen) atoms. The third-order valence-corrected chi connectivity index (χ3v) is 6.30. The molecule has 2 fully saturated rings. The molecular formula is C12H26ClN3O2S. The summed E-state index contributed by atoms with van der Waals surface area (Å²) in [5.41, 5.74) is 5.68. The fourth-order valence-corrected chi connectivity index (χ4v) is 4.97. The van der Waals surface area contributed by atoms with Crippen LogP contribution in [-0.2, 0) is 10.2 Å². The second kappa shape index (κ2) is 7.22. The molecular weight excluding hydrogens is 286 g/mol. The van der Waals surface area contributed by atoms with E-state index < -0.39 is 10.2 Å². The van der Waals surface area contributed by atoms with Gasteiger partial charge in [-0.2, -0.15) is 17.0 Å². The van der Waals surface area contributed by atoms with E-state index in [1.807, 2.05) is 6.92 Å². The maximum Gasteiger partial charge on any atom is 0.282 e. The molecule has 2 rings (SSSR count). The van der Waals surface area contributed by atoms with Crippen molar-refractivity contribution in [3.05, 3.63) is 0 Å². The molecule has 2 atom stereocenters. The van der Waals surface area contributed by atoms with E-state index in [1.165, 1.54) is 0 Å². The first-order valence-corrected chi connectivity index (χ1v) is 8.42. The zero-order valence-electron chi connectivity index (χ0n) is 11.6. The van der Waals surface area contributed by atoms with Crippen LogP contribution in [0.2, 0.25) is 0 Å². The minimum atomic E-state index is -3.27. The minimum Gasteiger partial charge on any atom is -0.330 e. The smallest absolute Gasteiger partial charge is 0.282 e. The summed E-state index contributed by atoms with van der Waals surface area (Å²) in [5.74, 6) is 0.327. The first-order valence-electron chi connectivity index (χ1n) is 7.02. The topological polar surface area (TPSA) is 66.6 Å². The number of halogens is 1. The van der Waals surface area contributed by atoms with E-state index in [0.29, 0.717) is 32.1 Å². The summed E-state index contributed by atoms with van der Waals surface area (Å²) in [7, 11) is -3.27. The summed E-state index contributed by atoms with van der Waals surface area (Å²) in [4.78, 5) is 0. The van der Waals surface area contributed by atoms with Crippen molar-refractivity contribution in [2.24, 2.45) is 11.7 Å². The van der Waals surface area contributed by atoms with Crippen LogP contribution in [0.4, 0.5) is 0 Å². The zero-order valence-corrected chi connectivity index (χ0v) is 13.3. The van der Waals surface area contributed by atoms with Crippen LogP contribution in [0.25, 0.3) is 0 Å². The SMILES string of the molecule is CC1CCCCN1S(=O)(=O)N1CCCC(CN)C1.Cl.